The van der Waals surface area contributed by atoms with Crippen molar-refractivity contribution >= 4 is 48.1 Å². The Bertz CT molecular complexity index is 722. The van der Waals surface area contributed by atoms with Gasteiger partial charge in [-0.2, -0.15) is 12.6 Å². The molecule has 0 aliphatic heterocycles. The minimum Gasteiger partial charge on any atom is -0.480 e. The highest BCUT2D eigenvalue weighted by atomic mass is 32.1. The first-order valence-corrected chi connectivity index (χ1v) is 10.8. The molecule has 12 N–H and O–H groups in total. The van der Waals surface area contributed by atoms with Gasteiger partial charge in [0.05, 0.1) is 12.5 Å². The summed E-state index contributed by atoms with van der Waals surface area (Å²) in [6, 6.07) is -5.13. The van der Waals surface area contributed by atoms with Crippen LogP contribution in [0.25, 0.3) is 0 Å². The summed E-state index contributed by atoms with van der Waals surface area (Å²) in [5.74, 6) is -5.81. The summed E-state index contributed by atoms with van der Waals surface area (Å²) >= 11 is 3.97. The van der Waals surface area contributed by atoms with Gasteiger partial charge < -0.3 is 44.0 Å². The van der Waals surface area contributed by atoms with Crippen molar-refractivity contribution in [3.05, 3.63) is 0 Å². The van der Waals surface area contributed by atoms with Crippen LogP contribution in [0.2, 0.25) is 0 Å². The number of nitrogens with one attached hydrogen (secondary N) is 3. The average Bonchev–Trinajstić information content (AvgIpc) is 2.73. The van der Waals surface area contributed by atoms with Crippen molar-refractivity contribution in [2.24, 2.45) is 22.9 Å². The molecule has 0 aliphatic carbocycles. The molecule has 0 aromatic heterocycles. The minimum absolute atomic E-state index is 0.241. The maximum atomic E-state index is 12.6. The van der Waals surface area contributed by atoms with Crippen LogP contribution in [-0.4, -0.2) is 77.1 Å². The standard InChI is InChI=1S/C18H33N7O7S/c19-6-2-1-3-9(20)15(28)24-11(7-14(22)27)16(29)25-12(8-33)17(30)23-10(18(31)32)4-5-13(21)26/h9-12,33H,1-8,19-20H2,(H2,21,26)(H2,22,27)(H,23,30)(H,24,28)(H,25,29)(H,31,32). The Balaban J connectivity index is 5.19. The molecule has 0 radical (unpaired) electrons. The van der Waals surface area contributed by atoms with E-state index in [1.807, 2.05) is 0 Å². The molecule has 15 heteroatoms. The van der Waals surface area contributed by atoms with E-state index in [2.05, 4.69) is 28.6 Å². The van der Waals surface area contributed by atoms with Crippen LogP contribution >= 0.6 is 12.6 Å². The molecule has 14 nitrogen and oxygen atoms in total. The van der Waals surface area contributed by atoms with Crippen molar-refractivity contribution in [3.63, 3.8) is 0 Å². The Morgan fingerprint density at radius 3 is 1.82 bits per heavy atom. The Hall–Kier alpha value is -2.91. The summed E-state index contributed by atoms with van der Waals surface area (Å²) in [5, 5.41) is 16.0. The molecule has 0 fully saturated rings. The third-order valence-corrected chi connectivity index (χ3v) is 4.82. The largest absolute Gasteiger partial charge is 0.480 e. The third kappa shape index (κ3) is 12.6. The second kappa shape index (κ2) is 15.8. The molecular weight excluding hydrogens is 458 g/mol. The first-order valence-electron chi connectivity index (χ1n) is 10.2. The molecule has 0 saturated heterocycles. The second-order valence-electron chi connectivity index (χ2n) is 7.27. The number of thiol groups is 1. The molecule has 4 atom stereocenters. The predicted molar refractivity (Wildman–Crippen MR) is 120 cm³/mol. The lowest BCUT2D eigenvalue weighted by Crippen LogP contribution is -2.58. The second-order valence-corrected chi connectivity index (χ2v) is 7.64. The Morgan fingerprint density at radius 2 is 1.33 bits per heavy atom. The minimum atomic E-state index is -1.43. The summed E-state index contributed by atoms with van der Waals surface area (Å²) in [6.07, 6.45) is 0.434. The molecule has 0 aromatic carbocycles. The van der Waals surface area contributed by atoms with E-state index in [0.717, 1.165) is 0 Å². The van der Waals surface area contributed by atoms with Crippen LogP contribution in [0.15, 0.2) is 0 Å². The fourth-order valence-corrected chi connectivity index (χ4v) is 2.87. The maximum Gasteiger partial charge on any atom is 0.326 e. The summed E-state index contributed by atoms with van der Waals surface area (Å²) in [6.45, 7) is 0.430. The van der Waals surface area contributed by atoms with Gasteiger partial charge in [-0.25, -0.2) is 4.79 Å². The van der Waals surface area contributed by atoms with Crippen LogP contribution in [-0.2, 0) is 28.8 Å². The van der Waals surface area contributed by atoms with Crippen molar-refractivity contribution < 1.29 is 33.9 Å². The number of carbonyl (C=O) groups excluding carboxylic acids is 5. The number of hydrogen-bond donors (Lipinski definition) is 9. The van der Waals surface area contributed by atoms with E-state index in [9.17, 15) is 33.9 Å². The molecule has 0 rings (SSSR count). The molecule has 188 valence electrons. The highest BCUT2D eigenvalue weighted by Crippen LogP contribution is 2.03. The summed E-state index contributed by atoms with van der Waals surface area (Å²) in [5.41, 5.74) is 21.3. The van der Waals surface area contributed by atoms with Crippen LogP contribution in [0.3, 0.4) is 0 Å². The molecule has 0 aromatic rings. The zero-order chi connectivity index (χ0) is 25.6. The van der Waals surface area contributed by atoms with Crippen molar-refractivity contribution in [2.75, 3.05) is 12.3 Å². The topological polar surface area (TPSA) is 263 Å². The highest BCUT2D eigenvalue weighted by molar-refractivity contribution is 7.80. The number of nitrogens with two attached hydrogens (primary N) is 4. The van der Waals surface area contributed by atoms with E-state index in [1.54, 1.807) is 0 Å². The number of carboxylic acid groups (broad SMARTS) is 1. The van der Waals surface area contributed by atoms with Crippen molar-refractivity contribution in [1.29, 1.82) is 0 Å². The van der Waals surface area contributed by atoms with Crippen LogP contribution < -0.4 is 38.9 Å². The zero-order valence-corrected chi connectivity index (χ0v) is 19.0. The number of carbonyl (C=O) groups is 6. The number of primary amides is 2. The van der Waals surface area contributed by atoms with E-state index in [1.165, 1.54) is 0 Å². The molecule has 0 spiro atoms. The summed E-state index contributed by atoms with van der Waals surface area (Å²) in [4.78, 5) is 70.9. The van der Waals surface area contributed by atoms with Gasteiger partial charge in [-0.05, 0) is 25.8 Å². The van der Waals surface area contributed by atoms with Gasteiger partial charge in [0.2, 0.25) is 29.5 Å². The first-order chi connectivity index (χ1) is 15.4. The van der Waals surface area contributed by atoms with Crippen LogP contribution in [0.5, 0.6) is 0 Å². The van der Waals surface area contributed by atoms with E-state index in [4.69, 9.17) is 22.9 Å². The first kappa shape index (κ1) is 30.1. The van der Waals surface area contributed by atoms with Gasteiger partial charge in [0.1, 0.15) is 18.1 Å². The molecule has 0 heterocycles. The van der Waals surface area contributed by atoms with Gasteiger partial charge in [-0.3, -0.25) is 24.0 Å². The normalized spacial score (nSPS) is 14.3. The molecule has 33 heavy (non-hydrogen) atoms. The number of unbranched alkanes of at least 4 members (excludes halogenated alkanes) is 1. The number of aliphatic carboxylic acids is 1. The van der Waals surface area contributed by atoms with Crippen LogP contribution in [0, 0.1) is 0 Å². The van der Waals surface area contributed by atoms with Gasteiger partial charge in [0.15, 0.2) is 0 Å². The van der Waals surface area contributed by atoms with Gasteiger partial charge in [-0.15, -0.1) is 0 Å². The molecule has 0 bridgehead atoms. The molecule has 4 unspecified atom stereocenters. The fraction of sp³-hybridized carbons (Fsp3) is 0.667. The third-order valence-electron chi connectivity index (χ3n) is 4.45. The Morgan fingerprint density at radius 1 is 0.788 bits per heavy atom. The number of amides is 5. The predicted octanol–water partition coefficient (Wildman–Crippen LogP) is -3.95. The number of rotatable bonds is 17. The zero-order valence-electron chi connectivity index (χ0n) is 18.1. The van der Waals surface area contributed by atoms with Crippen LogP contribution in [0.1, 0.15) is 38.5 Å². The monoisotopic (exact) mass is 491 g/mol. The van der Waals surface area contributed by atoms with Gasteiger partial charge in [0, 0.05) is 12.2 Å². The smallest absolute Gasteiger partial charge is 0.326 e. The molecular formula is C18H33N7O7S. The van der Waals surface area contributed by atoms with E-state index < -0.39 is 66.1 Å². The van der Waals surface area contributed by atoms with E-state index in [0.29, 0.717) is 25.8 Å². The fourth-order valence-electron chi connectivity index (χ4n) is 2.61. The van der Waals surface area contributed by atoms with Gasteiger partial charge in [-0.1, -0.05) is 6.42 Å². The summed E-state index contributed by atoms with van der Waals surface area (Å²) in [7, 11) is 0. The summed E-state index contributed by atoms with van der Waals surface area (Å²) < 4.78 is 0. The highest BCUT2D eigenvalue weighted by Gasteiger charge is 2.30. The van der Waals surface area contributed by atoms with E-state index >= 15 is 0 Å². The van der Waals surface area contributed by atoms with Crippen molar-refractivity contribution in [3.8, 4) is 0 Å². The van der Waals surface area contributed by atoms with Gasteiger partial charge in [0.25, 0.3) is 0 Å². The lowest BCUT2D eigenvalue weighted by atomic mass is 10.1. The molecule has 0 aliphatic rings. The average molecular weight is 492 g/mol. The molecule has 0 saturated carbocycles. The van der Waals surface area contributed by atoms with E-state index in [-0.39, 0.29) is 18.6 Å². The van der Waals surface area contributed by atoms with Crippen molar-refractivity contribution in [1.82, 2.24) is 16.0 Å². The molecule has 5 amide bonds. The maximum absolute atomic E-state index is 12.6. The lowest BCUT2D eigenvalue weighted by molar-refractivity contribution is -0.142. The Kier molecular flexibility index (Phi) is 14.4. The number of hydrogen-bond acceptors (Lipinski definition) is 9. The SMILES string of the molecule is NCCCCC(N)C(=O)NC(CC(N)=O)C(=O)NC(CS)C(=O)NC(CCC(N)=O)C(=O)O. The lowest BCUT2D eigenvalue weighted by Gasteiger charge is -2.24. The van der Waals surface area contributed by atoms with Crippen LogP contribution in [0.4, 0.5) is 0 Å². The number of carboxylic acids is 1. The van der Waals surface area contributed by atoms with Gasteiger partial charge >= 0.3 is 5.97 Å². The quantitative estimate of drug-likeness (QED) is 0.0708. The Labute approximate surface area is 196 Å². The van der Waals surface area contributed by atoms with Crippen molar-refractivity contribution in [2.45, 2.75) is 62.7 Å².